The van der Waals surface area contributed by atoms with Crippen LogP contribution >= 0.6 is 0 Å². The molecule has 0 heterocycles. The fourth-order valence-electron chi connectivity index (χ4n) is 4.35. The summed E-state index contributed by atoms with van der Waals surface area (Å²) in [5, 5.41) is 29.1. The predicted octanol–water partition coefficient (Wildman–Crippen LogP) is 1.58. The molecule has 0 aromatic heterocycles. The molecule has 3 N–H and O–H groups in total. The Bertz CT molecular complexity index is 337. The summed E-state index contributed by atoms with van der Waals surface area (Å²) in [4.78, 5) is 0. The van der Waals surface area contributed by atoms with Crippen molar-refractivity contribution in [1.82, 2.24) is 0 Å². The van der Waals surface area contributed by atoms with E-state index < -0.39 is 6.10 Å². The summed E-state index contributed by atoms with van der Waals surface area (Å²) >= 11 is 0. The van der Waals surface area contributed by atoms with E-state index in [1.165, 1.54) is 0 Å². The SMILES string of the molecule is CC(C)[C@H]1CC[C@@]2(C)C(CO)=CC1C2C(O)CO. The molecular weight excluding hydrogens is 228 g/mol. The standard InChI is InChI=1S/C15H26O3/c1-9(2)11-4-5-15(3)10(7-16)6-12(11)14(15)13(18)8-17/h6,9,11-14,16-18H,4-5,7-8H2,1-3H3/t11-,12?,13?,14?,15+/m1/s1. The van der Waals surface area contributed by atoms with Crippen molar-refractivity contribution in [3.8, 4) is 0 Å². The van der Waals surface area contributed by atoms with E-state index in [0.717, 1.165) is 18.4 Å². The van der Waals surface area contributed by atoms with E-state index in [0.29, 0.717) is 17.8 Å². The highest BCUT2D eigenvalue weighted by molar-refractivity contribution is 5.29. The zero-order valence-corrected chi connectivity index (χ0v) is 11.6. The van der Waals surface area contributed by atoms with Gasteiger partial charge in [-0.15, -0.1) is 0 Å². The summed E-state index contributed by atoms with van der Waals surface area (Å²) in [6.07, 6.45) is 3.65. The van der Waals surface area contributed by atoms with E-state index in [4.69, 9.17) is 0 Å². The van der Waals surface area contributed by atoms with Crippen molar-refractivity contribution in [3.05, 3.63) is 11.6 Å². The van der Waals surface area contributed by atoms with Gasteiger partial charge in [0.15, 0.2) is 0 Å². The first-order valence-electron chi connectivity index (χ1n) is 7.06. The minimum absolute atomic E-state index is 0.0609. The van der Waals surface area contributed by atoms with Crippen LogP contribution < -0.4 is 0 Å². The zero-order valence-electron chi connectivity index (χ0n) is 11.6. The first kappa shape index (κ1) is 14.0. The molecule has 0 aliphatic heterocycles. The molecule has 18 heavy (non-hydrogen) atoms. The third-order valence-corrected chi connectivity index (χ3v) is 5.40. The van der Waals surface area contributed by atoms with E-state index in [-0.39, 0.29) is 24.5 Å². The van der Waals surface area contributed by atoms with Crippen molar-refractivity contribution < 1.29 is 15.3 Å². The predicted molar refractivity (Wildman–Crippen MR) is 70.9 cm³/mol. The number of fused-ring (bicyclic) bond motifs is 2. The van der Waals surface area contributed by atoms with E-state index in [9.17, 15) is 15.3 Å². The van der Waals surface area contributed by atoms with E-state index in [1.807, 2.05) is 0 Å². The van der Waals surface area contributed by atoms with Gasteiger partial charge in [0.2, 0.25) is 0 Å². The van der Waals surface area contributed by atoms with Crippen molar-refractivity contribution >= 4 is 0 Å². The molecule has 1 saturated carbocycles. The lowest BCUT2D eigenvalue weighted by atomic mass is 9.58. The number of allylic oxidation sites excluding steroid dienone is 1. The van der Waals surface area contributed by atoms with Gasteiger partial charge in [-0.1, -0.05) is 26.8 Å². The average Bonchev–Trinajstić information content (AvgIpc) is 2.52. The summed E-state index contributed by atoms with van der Waals surface area (Å²) in [5.74, 6) is 1.48. The van der Waals surface area contributed by atoms with Gasteiger partial charge in [0.25, 0.3) is 0 Å². The van der Waals surface area contributed by atoms with Gasteiger partial charge in [0, 0.05) is 5.92 Å². The van der Waals surface area contributed by atoms with Gasteiger partial charge in [-0.05, 0) is 41.6 Å². The molecule has 2 rings (SSSR count). The Morgan fingerprint density at radius 2 is 2.06 bits per heavy atom. The van der Waals surface area contributed by atoms with Crippen molar-refractivity contribution in [2.75, 3.05) is 13.2 Å². The van der Waals surface area contributed by atoms with Gasteiger partial charge < -0.3 is 15.3 Å². The molecule has 0 saturated heterocycles. The minimum atomic E-state index is -0.679. The number of aliphatic hydroxyl groups is 3. The van der Waals surface area contributed by atoms with Crippen LogP contribution in [-0.2, 0) is 0 Å². The van der Waals surface area contributed by atoms with Crippen molar-refractivity contribution in [2.45, 2.75) is 39.7 Å². The maximum Gasteiger partial charge on any atom is 0.0813 e. The first-order chi connectivity index (χ1) is 8.45. The summed E-state index contributed by atoms with van der Waals surface area (Å²) in [5.41, 5.74) is 0.931. The fourth-order valence-corrected chi connectivity index (χ4v) is 4.35. The van der Waals surface area contributed by atoms with Gasteiger partial charge in [0.1, 0.15) is 0 Å². The Kier molecular flexibility index (Phi) is 3.86. The van der Waals surface area contributed by atoms with Crippen LogP contribution in [0.25, 0.3) is 0 Å². The molecule has 2 bridgehead atoms. The molecule has 3 nitrogen and oxygen atoms in total. The molecule has 0 aromatic rings. The Hall–Kier alpha value is -0.380. The topological polar surface area (TPSA) is 60.7 Å². The number of rotatable bonds is 4. The molecule has 0 spiro atoms. The van der Waals surface area contributed by atoms with Crippen LogP contribution in [0, 0.1) is 29.1 Å². The first-order valence-corrected chi connectivity index (χ1v) is 7.06. The second-order valence-electron chi connectivity index (χ2n) is 6.57. The van der Waals surface area contributed by atoms with Crippen LogP contribution in [0.5, 0.6) is 0 Å². The minimum Gasteiger partial charge on any atom is -0.394 e. The smallest absolute Gasteiger partial charge is 0.0813 e. The lowest BCUT2D eigenvalue weighted by Crippen LogP contribution is -2.46. The Labute approximate surface area is 110 Å². The molecule has 3 unspecified atom stereocenters. The Balaban J connectivity index is 2.36. The molecule has 2 aliphatic rings. The van der Waals surface area contributed by atoms with Gasteiger partial charge in [0.05, 0.1) is 19.3 Å². The molecule has 1 fully saturated rings. The molecule has 3 heteroatoms. The van der Waals surface area contributed by atoms with Gasteiger partial charge in [-0.25, -0.2) is 0 Å². The quantitative estimate of drug-likeness (QED) is 0.668. The average molecular weight is 254 g/mol. The monoisotopic (exact) mass is 254 g/mol. The molecule has 104 valence electrons. The number of hydrogen-bond acceptors (Lipinski definition) is 3. The molecule has 0 amide bonds. The molecule has 0 radical (unpaired) electrons. The highest BCUT2D eigenvalue weighted by Crippen LogP contribution is 2.59. The maximum atomic E-state index is 10.2. The van der Waals surface area contributed by atoms with Crippen LogP contribution in [0.1, 0.15) is 33.6 Å². The summed E-state index contributed by atoms with van der Waals surface area (Å²) in [6, 6.07) is 0. The Morgan fingerprint density at radius 1 is 1.39 bits per heavy atom. The second-order valence-corrected chi connectivity index (χ2v) is 6.57. The van der Waals surface area contributed by atoms with Crippen LogP contribution in [0.2, 0.25) is 0 Å². The normalized spacial score (nSPS) is 41.1. The lowest BCUT2D eigenvalue weighted by Gasteiger charge is -2.47. The van der Waals surface area contributed by atoms with Gasteiger partial charge >= 0.3 is 0 Å². The van der Waals surface area contributed by atoms with Crippen LogP contribution in [0.15, 0.2) is 11.6 Å². The number of aliphatic hydroxyl groups excluding tert-OH is 3. The van der Waals surface area contributed by atoms with Crippen LogP contribution in [0.3, 0.4) is 0 Å². The second kappa shape index (κ2) is 4.95. The summed E-state index contributed by atoms with van der Waals surface area (Å²) in [6.45, 7) is 6.47. The largest absolute Gasteiger partial charge is 0.394 e. The highest BCUT2D eigenvalue weighted by Gasteiger charge is 2.54. The van der Waals surface area contributed by atoms with Crippen LogP contribution in [-0.4, -0.2) is 34.6 Å². The van der Waals surface area contributed by atoms with Gasteiger partial charge in [-0.3, -0.25) is 0 Å². The van der Waals surface area contributed by atoms with Crippen molar-refractivity contribution in [3.63, 3.8) is 0 Å². The zero-order chi connectivity index (χ0) is 13.5. The third kappa shape index (κ3) is 1.93. The van der Waals surface area contributed by atoms with E-state index in [2.05, 4.69) is 26.8 Å². The van der Waals surface area contributed by atoms with Crippen molar-refractivity contribution in [2.24, 2.45) is 29.1 Å². The highest BCUT2D eigenvalue weighted by atomic mass is 16.3. The third-order valence-electron chi connectivity index (χ3n) is 5.40. The lowest BCUT2D eigenvalue weighted by molar-refractivity contribution is -0.0516. The summed E-state index contributed by atoms with van der Waals surface area (Å²) < 4.78 is 0. The van der Waals surface area contributed by atoms with E-state index >= 15 is 0 Å². The van der Waals surface area contributed by atoms with Crippen molar-refractivity contribution in [1.29, 1.82) is 0 Å². The Morgan fingerprint density at radius 3 is 2.56 bits per heavy atom. The maximum absolute atomic E-state index is 10.2. The van der Waals surface area contributed by atoms with Gasteiger partial charge in [-0.2, -0.15) is 0 Å². The molecule has 2 aliphatic carbocycles. The summed E-state index contributed by atoms with van der Waals surface area (Å²) in [7, 11) is 0. The molecule has 0 aromatic carbocycles. The fraction of sp³-hybridized carbons (Fsp3) is 0.867. The molecule has 5 atom stereocenters. The number of hydrogen-bond donors (Lipinski definition) is 3. The van der Waals surface area contributed by atoms with Crippen LogP contribution in [0.4, 0.5) is 0 Å². The molecular formula is C15H26O3. The van der Waals surface area contributed by atoms with E-state index in [1.54, 1.807) is 0 Å².